The molecular formula is C10H12N2O5S. The minimum Gasteiger partial charge on any atom is -0.488 e. The monoisotopic (exact) mass is 272 g/mol. The highest BCUT2D eigenvalue weighted by Gasteiger charge is 2.20. The van der Waals surface area contributed by atoms with E-state index >= 15 is 0 Å². The fourth-order valence-corrected chi connectivity index (χ4v) is 1.85. The van der Waals surface area contributed by atoms with Gasteiger partial charge in [-0.25, -0.2) is 13.6 Å². The molecule has 2 N–H and O–H groups in total. The quantitative estimate of drug-likeness (QED) is 0.491. The topological polar surface area (TPSA) is 113 Å². The lowest BCUT2D eigenvalue weighted by molar-refractivity contribution is -0.385. The fourth-order valence-electron chi connectivity index (χ4n) is 1.15. The third-order valence-corrected chi connectivity index (χ3v) is 2.85. The van der Waals surface area contributed by atoms with Gasteiger partial charge in [-0.15, -0.1) is 0 Å². The molecule has 0 heterocycles. The molecule has 0 atom stereocenters. The van der Waals surface area contributed by atoms with Gasteiger partial charge in [-0.2, -0.15) is 0 Å². The second kappa shape index (κ2) is 5.15. The molecule has 0 aliphatic heterocycles. The second-order valence-electron chi connectivity index (χ2n) is 3.68. The first-order valence-corrected chi connectivity index (χ1v) is 6.35. The van der Waals surface area contributed by atoms with Crippen molar-refractivity contribution in [3.8, 4) is 5.75 Å². The Kier molecular flexibility index (Phi) is 4.04. The minimum absolute atomic E-state index is 0.0360. The van der Waals surface area contributed by atoms with Crippen LogP contribution in [-0.2, 0) is 10.0 Å². The maximum Gasteiger partial charge on any atom is 0.271 e. The van der Waals surface area contributed by atoms with Gasteiger partial charge in [0.05, 0.1) is 4.92 Å². The first-order valence-electron chi connectivity index (χ1n) is 4.80. The highest BCUT2D eigenvalue weighted by molar-refractivity contribution is 7.89. The molecule has 0 bridgehead atoms. The number of nitrogens with zero attached hydrogens (tertiary/aromatic N) is 1. The number of ether oxygens (including phenoxy) is 1. The molecule has 1 aromatic carbocycles. The molecule has 0 saturated carbocycles. The Labute approximate surface area is 104 Å². The van der Waals surface area contributed by atoms with Crippen molar-refractivity contribution in [2.75, 3.05) is 6.61 Å². The van der Waals surface area contributed by atoms with Crippen LogP contribution in [0.3, 0.4) is 0 Å². The number of hydrogen-bond donors (Lipinski definition) is 1. The zero-order chi connectivity index (χ0) is 13.9. The molecule has 0 unspecified atom stereocenters. The summed E-state index contributed by atoms with van der Waals surface area (Å²) in [5.74, 6) is -0.0360. The Morgan fingerprint density at radius 2 is 2.17 bits per heavy atom. The average Bonchev–Trinajstić information content (AvgIpc) is 2.24. The van der Waals surface area contributed by atoms with Crippen LogP contribution in [0, 0.1) is 10.1 Å². The second-order valence-corrected chi connectivity index (χ2v) is 5.21. The molecule has 0 radical (unpaired) electrons. The highest BCUT2D eigenvalue weighted by Crippen LogP contribution is 2.27. The summed E-state index contributed by atoms with van der Waals surface area (Å²) in [5.41, 5.74) is 0.301. The number of primary sulfonamides is 1. The minimum atomic E-state index is -4.10. The standard InChI is InChI=1S/C10H12N2O5S/c1-7(2)6-17-9-4-3-8(12(13)14)5-10(9)18(11,15)16/h3-5H,1,6H2,2H3,(H2,11,15,16). The van der Waals surface area contributed by atoms with Gasteiger partial charge < -0.3 is 4.74 Å². The number of non-ortho nitro benzene ring substituents is 1. The summed E-state index contributed by atoms with van der Waals surface area (Å²) < 4.78 is 27.8. The van der Waals surface area contributed by atoms with Crippen LogP contribution in [0.4, 0.5) is 5.69 Å². The van der Waals surface area contributed by atoms with Gasteiger partial charge in [0.25, 0.3) is 5.69 Å². The predicted octanol–water partition coefficient (Wildman–Crippen LogP) is 1.20. The first-order chi connectivity index (χ1) is 8.21. The van der Waals surface area contributed by atoms with E-state index in [1.54, 1.807) is 6.92 Å². The van der Waals surface area contributed by atoms with Gasteiger partial charge in [-0.1, -0.05) is 6.58 Å². The van der Waals surface area contributed by atoms with Crippen molar-refractivity contribution in [2.24, 2.45) is 5.14 Å². The highest BCUT2D eigenvalue weighted by atomic mass is 32.2. The molecule has 0 saturated heterocycles. The molecule has 0 spiro atoms. The number of nitro groups is 1. The zero-order valence-electron chi connectivity index (χ0n) is 9.62. The van der Waals surface area contributed by atoms with Crippen molar-refractivity contribution in [1.82, 2.24) is 0 Å². The first kappa shape index (κ1) is 14.1. The number of sulfonamides is 1. The van der Waals surface area contributed by atoms with Crippen LogP contribution in [0.1, 0.15) is 6.92 Å². The lowest BCUT2D eigenvalue weighted by Crippen LogP contribution is -2.14. The zero-order valence-corrected chi connectivity index (χ0v) is 10.4. The summed E-state index contributed by atoms with van der Waals surface area (Å²) in [4.78, 5) is 9.44. The predicted molar refractivity (Wildman–Crippen MR) is 64.8 cm³/mol. The molecule has 1 aromatic rings. The Morgan fingerprint density at radius 3 is 2.61 bits per heavy atom. The summed E-state index contributed by atoms with van der Waals surface area (Å²) in [6.45, 7) is 5.39. The molecule has 0 aromatic heterocycles. The van der Waals surface area contributed by atoms with E-state index in [0.717, 1.165) is 12.1 Å². The van der Waals surface area contributed by atoms with Crippen LogP contribution in [0.5, 0.6) is 5.75 Å². The van der Waals surface area contributed by atoms with Gasteiger partial charge >= 0.3 is 0 Å². The smallest absolute Gasteiger partial charge is 0.271 e. The molecular weight excluding hydrogens is 260 g/mol. The van der Waals surface area contributed by atoms with E-state index in [0.29, 0.717) is 5.57 Å². The third kappa shape index (κ3) is 3.54. The van der Waals surface area contributed by atoms with Gasteiger partial charge in [0.1, 0.15) is 17.3 Å². The van der Waals surface area contributed by atoms with Crippen molar-refractivity contribution in [1.29, 1.82) is 0 Å². The maximum absolute atomic E-state index is 11.3. The van der Waals surface area contributed by atoms with E-state index in [1.807, 2.05) is 0 Å². The van der Waals surface area contributed by atoms with Crippen molar-refractivity contribution in [2.45, 2.75) is 11.8 Å². The number of rotatable bonds is 5. The lowest BCUT2D eigenvalue weighted by atomic mass is 10.3. The number of nitrogens with two attached hydrogens (primary N) is 1. The summed E-state index contributed by atoms with van der Waals surface area (Å²) in [6.07, 6.45) is 0. The Balaban J connectivity index is 3.26. The summed E-state index contributed by atoms with van der Waals surface area (Å²) in [7, 11) is -4.10. The van der Waals surface area contributed by atoms with Crippen LogP contribution in [0.2, 0.25) is 0 Å². The van der Waals surface area contributed by atoms with Crippen LogP contribution >= 0.6 is 0 Å². The van der Waals surface area contributed by atoms with Crippen LogP contribution in [-0.4, -0.2) is 19.9 Å². The lowest BCUT2D eigenvalue weighted by Gasteiger charge is -2.09. The molecule has 0 fully saturated rings. The molecule has 0 aliphatic carbocycles. The van der Waals surface area contributed by atoms with Gasteiger partial charge in [-0.05, 0) is 18.6 Å². The van der Waals surface area contributed by atoms with Crippen LogP contribution < -0.4 is 9.88 Å². The van der Waals surface area contributed by atoms with Gasteiger partial charge in [0.2, 0.25) is 10.0 Å². The molecule has 98 valence electrons. The average molecular weight is 272 g/mol. The Bertz CT molecular complexity index is 594. The van der Waals surface area contributed by atoms with E-state index in [4.69, 9.17) is 9.88 Å². The van der Waals surface area contributed by atoms with E-state index in [1.165, 1.54) is 6.07 Å². The molecule has 18 heavy (non-hydrogen) atoms. The van der Waals surface area contributed by atoms with Crippen molar-refractivity contribution >= 4 is 15.7 Å². The molecule has 7 nitrogen and oxygen atoms in total. The number of nitro benzene ring substituents is 1. The largest absolute Gasteiger partial charge is 0.488 e. The van der Waals surface area contributed by atoms with Crippen LogP contribution in [0.15, 0.2) is 35.2 Å². The van der Waals surface area contributed by atoms with Crippen molar-refractivity contribution < 1.29 is 18.1 Å². The van der Waals surface area contributed by atoms with Crippen molar-refractivity contribution in [3.63, 3.8) is 0 Å². The molecule has 0 amide bonds. The third-order valence-electron chi connectivity index (χ3n) is 1.92. The Morgan fingerprint density at radius 1 is 1.56 bits per heavy atom. The molecule has 0 aliphatic rings. The van der Waals surface area contributed by atoms with Gasteiger partial charge in [-0.3, -0.25) is 10.1 Å². The number of hydrogen-bond acceptors (Lipinski definition) is 5. The van der Waals surface area contributed by atoms with E-state index in [-0.39, 0.29) is 18.0 Å². The van der Waals surface area contributed by atoms with E-state index in [9.17, 15) is 18.5 Å². The maximum atomic E-state index is 11.3. The molecule has 8 heteroatoms. The van der Waals surface area contributed by atoms with E-state index in [2.05, 4.69) is 6.58 Å². The van der Waals surface area contributed by atoms with Gasteiger partial charge in [0, 0.05) is 12.1 Å². The molecule has 1 rings (SSSR count). The van der Waals surface area contributed by atoms with Gasteiger partial charge in [0.15, 0.2) is 0 Å². The summed E-state index contributed by atoms with van der Waals surface area (Å²) in [6, 6.07) is 3.20. The van der Waals surface area contributed by atoms with Crippen LogP contribution in [0.25, 0.3) is 0 Å². The normalized spacial score (nSPS) is 11.0. The van der Waals surface area contributed by atoms with E-state index < -0.39 is 19.8 Å². The SMILES string of the molecule is C=C(C)COc1ccc([N+](=O)[O-])cc1S(N)(=O)=O. The van der Waals surface area contributed by atoms with Crippen molar-refractivity contribution in [3.05, 3.63) is 40.5 Å². The number of benzene rings is 1. The summed E-state index contributed by atoms with van der Waals surface area (Å²) >= 11 is 0. The fraction of sp³-hybridized carbons (Fsp3) is 0.200. The summed E-state index contributed by atoms with van der Waals surface area (Å²) in [5, 5.41) is 15.6. The Hall–Kier alpha value is -1.93.